The van der Waals surface area contributed by atoms with E-state index in [2.05, 4.69) is 10.3 Å². The van der Waals surface area contributed by atoms with Crippen molar-refractivity contribution in [2.75, 3.05) is 11.9 Å². The Hall–Kier alpha value is -0.840. The topological polar surface area (TPSA) is 68.0 Å². The summed E-state index contributed by atoms with van der Waals surface area (Å²) in [5, 5.41) is 2.83. The Morgan fingerprint density at radius 3 is 2.26 bits per heavy atom. The Morgan fingerprint density at radius 1 is 1.32 bits per heavy atom. The van der Waals surface area contributed by atoms with E-state index in [0.29, 0.717) is 12.4 Å². The number of nitrogens with two attached hydrogens (primary N) is 1. The van der Waals surface area contributed by atoms with Crippen molar-refractivity contribution in [2.45, 2.75) is 33.6 Å². The highest BCUT2D eigenvalue weighted by Crippen LogP contribution is 2.26. The molecule has 1 rings (SSSR count). The minimum atomic E-state index is -0.480. The first kappa shape index (κ1) is 20.5. The van der Waals surface area contributed by atoms with Crippen molar-refractivity contribution in [3.8, 4) is 0 Å². The van der Waals surface area contributed by atoms with Gasteiger partial charge in [-0.1, -0.05) is 19.9 Å². The monoisotopic (exact) mass is 307 g/mol. The van der Waals surface area contributed by atoms with E-state index in [9.17, 15) is 4.79 Å². The van der Waals surface area contributed by atoms with Gasteiger partial charge in [-0.05, 0) is 31.4 Å². The van der Waals surface area contributed by atoms with Gasteiger partial charge in [0.1, 0.15) is 5.82 Å². The second-order valence-electron chi connectivity index (χ2n) is 4.37. The molecule has 0 aromatic carbocycles. The number of anilines is 1. The molecule has 0 aliphatic heterocycles. The third-order valence-corrected chi connectivity index (χ3v) is 3.38. The first-order valence-electron chi connectivity index (χ1n) is 6.02. The normalized spacial score (nSPS) is 10.1. The average Bonchev–Trinajstić information content (AvgIpc) is 2.35. The van der Waals surface area contributed by atoms with Crippen LogP contribution in [0.4, 0.5) is 5.82 Å². The average molecular weight is 308 g/mol. The summed E-state index contributed by atoms with van der Waals surface area (Å²) in [6.45, 7) is 6.29. The molecule has 0 radical (unpaired) electrons. The maximum atomic E-state index is 12.2. The molecular weight excluding hydrogens is 285 g/mol. The molecule has 0 aliphatic rings. The lowest BCUT2D eigenvalue weighted by Crippen LogP contribution is -2.41. The van der Waals surface area contributed by atoms with Gasteiger partial charge in [0, 0.05) is 12.7 Å². The van der Waals surface area contributed by atoms with Gasteiger partial charge in [0.25, 0.3) is 0 Å². The minimum absolute atomic E-state index is 0. The number of amides is 1. The van der Waals surface area contributed by atoms with Crippen LogP contribution in [0, 0.1) is 12.3 Å². The molecule has 0 bridgehead atoms. The number of carbonyl (C=O) groups excluding carboxylic acids is 1. The number of nitrogens with zero attached hydrogens (tertiary/aromatic N) is 1. The van der Waals surface area contributed by atoms with E-state index in [0.717, 1.165) is 18.4 Å². The fourth-order valence-electron chi connectivity index (χ4n) is 1.74. The lowest BCUT2D eigenvalue weighted by Gasteiger charge is -2.28. The van der Waals surface area contributed by atoms with Gasteiger partial charge < -0.3 is 11.1 Å². The number of pyridine rings is 1. The van der Waals surface area contributed by atoms with Gasteiger partial charge in [-0.2, -0.15) is 0 Å². The highest BCUT2D eigenvalue weighted by molar-refractivity contribution is 5.94. The molecule has 110 valence electrons. The van der Waals surface area contributed by atoms with Crippen LogP contribution in [0.5, 0.6) is 0 Å². The second kappa shape index (κ2) is 9.13. The minimum Gasteiger partial charge on any atom is -0.329 e. The SMILES string of the molecule is CCC(CC)(CN)C(=O)Nc1ccc(C)cn1.Cl.Cl. The third-order valence-electron chi connectivity index (χ3n) is 3.38. The van der Waals surface area contributed by atoms with Gasteiger partial charge in [0.2, 0.25) is 5.91 Å². The van der Waals surface area contributed by atoms with E-state index in [1.165, 1.54) is 0 Å². The van der Waals surface area contributed by atoms with Gasteiger partial charge in [-0.3, -0.25) is 4.79 Å². The number of rotatable bonds is 5. The first-order chi connectivity index (χ1) is 8.07. The van der Waals surface area contributed by atoms with E-state index < -0.39 is 5.41 Å². The summed E-state index contributed by atoms with van der Waals surface area (Å²) >= 11 is 0. The molecule has 19 heavy (non-hydrogen) atoms. The number of aryl methyl sites for hydroxylation is 1. The Bertz CT molecular complexity index is 370. The largest absolute Gasteiger partial charge is 0.329 e. The zero-order chi connectivity index (χ0) is 12.9. The quantitative estimate of drug-likeness (QED) is 0.879. The zero-order valence-electron chi connectivity index (χ0n) is 11.6. The van der Waals surface area contributed by atoms with Crippen LogP contribution in [0.15, 0.2) is 18.3 Å². The van der Waals surface area contributed by atoms with Gasteiger partial charge in [-0.25, -0.2) is 4.98 Å². The van der Waals surface area contributed by atoms with Crippen LogP contribution in [-0.4, -0.2) is 17.4 Å². The van der Waals surface area contributed by atoms with Crippen molar-refractivity contribution in [3.05, 3.63) is 23.9 Å². The van der Waals surface area contributed by atoms with E-state index in [1.54, 1.807) is 12.3 Å². The maximum absolute atomic E-state index is 12.2. The summed E-state index contributed by atoms with van der Waals surface area (Å²) in [5.41, 5.74) is 6.32. The van der Waals surface area contributed by atoms with Crippen molar-refractivity contribution in [2.24, 2.45) is 11.1 Å². The van der Waals surface area contributed by atoms with Crippen LogP contribution in [-0.2, 0) is 4.79 Å². The van der Waals surface area contributed by atoms with Crippen LogP contribution in [0.2, 0.25) is 0 Å². The molecule has 4 nitrogen and oxygen atoms in total. The molecule has 0 saturated heterocycles. The molecule has 3 N–H and O–H groups in total. The van der Waals surface area contributed by atoms with Gasteiger partial charge in [0.15, 0.2) is 0 Å². The van der Waals surface area contributed by atoms with Crippen LogP contribution in [0.1, 0.15) is 32.3 Å². The molecule has 0 fully saturated rings. The number of hydrogen-bond acceptors (Lipinski definition) is 3. The summed E-state index contributed by atoms with van der Waals surface area (Å²) in [5.74, 6) is 0.543. The molecule has 6 heteroatoms. The number of nitrogens with one attached hydrogen (secondary N) is 1. The van der Waals surface area contributed by atoms with Gasteiger partial charge in [0.05, 0.1) is 5.41 Å². The van der Waals surface area contributed by atoms with E-state index in [-0.39, 0.29) is 30.7 Å². The standard InChI is InChI=1S/C13H21N3O.2ClH/c1-4-13(5-2,9-14)12(17)16-11-7-6-10(3)8-15-11;;/h6-8H,4-5,9,14H2,1-3H3,(H,15,16,17);2*1H. The Morgan fingerprint density at radius 2 is 1.89 bits per heavy atom. The van der Waals surface area contributed by atoms with Crippen LogP contribution < -0.4 is 11.1 Å². The third kappa shape index (κ3) is 4.97. The molecule has 0 atom stereocenters. The fourth-order valence-corrected chi connectivity index (χ4v) is 1.74. The van der Waals surface area contributed by atoms with Crippen LogP contribution in [0.25, 0.3) is 0 Å². The number of aromatic nitrogens is 1. The van der Waals surface area contributed by atoms with Crippen LogP contribution >= 0.6 is 24.8 Å². The van der Waals surface area contributed by atoms with Crippen LogP contribution in [0.3, 0.4) is 0 Å². The van der Waals surface area contributed by atoms with Crippen molar-refractivity contribution in [1.82, 2.24) is 4.98 Å². The zero-order valence-corrected chi connectivity index (χ0v) is 13.2. The van der Waals surface area contributed by atoms with E-state index in [1.807, 2.05) is 26.8 Å². The summed E-state index contributed by atoms with van der Waals surface area (Å²) in [4.78, 5) is 16.3. The molecule has 0 spiro atoms. The highest BCUT2D eigenvalue weighted by atomic mass is 35.5. The highest BCUT2D eigenvalue weighted by Gasteiger charge is 2.33. The summed E-state index contributed by atoms with van der Waals surface area (Å²) in [6, 6.07) is 3.73. The van der Waals surface area contributed by atoms with Gasteiger partial charge in [-0.15, -0.1) is 24.8 Å². The van der Waals surface area contributed by atoms with E-state index >= 15 is 0 Å². The van der Waals surface area contributed by atoms with Gasteiger partial charge >= 0.3 is 0 Å². The summed E-state index contributed by atoms with van der Waals surface area (Å²) in [6.07, 6.45) is 3.20. The summed E-state index contributed by atoms with van der Waals surface area (Å²) < 4.78 is 0. The molecule has 1 amide bonds. The Kier molecular flexibility index (Phi) is 9.84. The molecule has 1 aromatic rings. The molecule has 0 unspecified atom stereocenters. The number of halogens is 2. The van der Waals surface area contributed by atoms with Crippen molar-refractivity contribution in [1.29, 1.82) is 0 Å². The lowest BCUT2D eigenvalue weighted by atomic mass is 9.81. The number of carbonyl (C=O) groups is 1. The summed E-state index contributed by atoms with van der Waals surface area (Å²) in [7, 11) is 0. The Balaban J connectivity index is 0. The fraction of sp³-hybridized carbons (Fsp3) is 0.538. The lowest BCUT2D eigenvalue weighted by molar-refractivity contribution is -0.125. The number of hydrogen-bond donors (Lipinski definition) is 2. The molecule has 1 heterocycles. The van der Waals surface area contributed by atoms with E-state index in [4.69, 9.17) is 5.73 Å². The van der Waals surface area contributed by atoms with Crippen molar-refractivity contribution < 1.29 is 4.79 Å². The first-order valence-corrected chi connectivity index (χ1v) is 6.02. The predicted molar refractivity (Wildman–Crippen MR) is 84.2 cm³/mol. The predicted octanol–water partition coefficient (Wildman–Crippen LogP) is 2.94. The molecular formula is C13H23Cl2N3O. The molecule has 0 aliphatic carbocycles. The Labute approximate surface area is 127 Å². The molecule has 0 saturated carbocycles. The maximum Gasteiger partial charge on any atom is 0.233 e. The second-order valence-corrected chi connectivity index (χ2v) is 4.37. The smallest absolute Gasteiger partial charge is 0.233 e. The van der Waals surface area contributed by atoms with Crippen molar-refractivity contribution in [3.63, 3.8) is 0 Å². The molecule has 1 aromatic heterocycles. The van der Waals surface area contributed by atoms with Crippen molar-refractivity contribution >= 4 is 36.5 Å².